The Balaban J connectivity index is 1.91. The molecule has 1 aliphatic heterocycles. The molecule has 0 saturated carbocycles. The highest BCUT2D eigenvalue weighted by molar-refractivity contribution is 5.93. The Kier molecular flexibility index (Phi) is 3.56. The maximum Gasteiger partial charge on any atom is 0.243 e. The third kappa shape index (κ3) is 2.82. The highest BCUT2D eigenvalue weighted by Gasteiger charge is 2.20. The van der Waals surface area contributed by atoms with Crippen molar-refractivity contribution in [3.63, 3.8) is 0 Å². The summed E-state index contributed by atoms with van der Waals surface area (Å²) in [5, 5.41) is 9.69. The van der Waals surface area contributed by atoms with Crippen LogP contribution in [0.3, 0.4) is 0 Å². The summed E-state index contributed by atoms with van der Waals surface area (Å²) in [7, 11) is 0. The normalized spacial score (nSPS) is 21.4. The van der Waals surface area contributed by atoms with E-state index in [1.165, 1.54) is 6.42 Å². The quantitative estimate of drug-likeness (QED) is 0.796. The molecule has 5 nitrogen and oxygen atoms in total. The summed E-state index contributed by atoms with van der Waals surface area (Å²) in [5.74, 6) is 0.395. The van der Waals surface area contributed by atoms with Crippen LogP contribution in [0.15, 0.2) is 10.6 Å². The summed E-state index contributed by atoms with van der Waals surface area (Å²) in [6.45, 7) is 2.73. The Morgan fingerprint density at radius 3 is 3.19 bits per heavy atom. The van der Waals surface area contributed by atoms with E-state index in [2.05, 4.69) is 15.8 Å². The standard InChI is InChI=1S/C11H17N3O2/c1-8-7-10(16-14-8)13-11(15)9-5-3-2-4-6-12-9/h7,9,12H,2-6H2,1H3,(H,13,15). The number of aryl methyl sites for hydroxylation is 1. The third-order valence-electron chi connectivity index (χ3n) is 2.75. The predicted octanol–water partition coefficient (Wildman–Crippen LogP) is 1.45. The van der Waals surface area contributed by atoms with Crippen LogP contribution in [-0.4, -0.2) is 23.7 Å². The maximum absolute atomic E-state index is 11.9. The zero-order chi connectivity index (χ0) is 11.4. The van der Waals surface area contributed by atoms with E-state index in [4.69, 9.17) is 4.52 Å². The van der Waals surface area contributed by atoms with Gasteiger partial charge in [0, 0.05) is 6.07 Å². The topological polar surface area (TPSA) is 67.2 Å². The average Bonchev–Trinajstić information content (AvgIpc) is 2.56. The molecular formula is C11H17N3O2. The van der Waals surface area contributed by atoms with Crippen molar-refractivity contribution in [3.05, 3.63) is 11.8 Å². The summed E-state index contributed by atoms with van der Waals surface area (Å²) in [5.41, 5.74) is 0.768. The van der Waals surface area contributed by atoms with Crippen molar-refractivity contribution in [3.8, 4) is 0 Å². The Bertz CT molecular complexity index is 354. The molecule has 1 atom stereocenters. The molecule has 1 unspecified atom stereocenters. The van der Waals surface area contributed by atoms with Crippen LogP contribution in [0.25, 0.3) is 0 Å². The summed E-state index contributed by atoms with van der Waals surface area (Å²) in [4.78, 5) is 11.9. The van der Waals surface area contributed by atoms with Gasteiger partial charge in [-0.25, -0.2) is 0 Å². The van der Waals surface area contributed by atoms with Crippen molar-refractivity contribution in [2.24, 2.45) is 0 Å². The second-order valence-electron chi connectivity index (χ2n) is 4.18. The molecule has 0 bridgehead atoms. The smallest absolute Gasteiger partial charge is 0.243 e. The number of hydrogen-bond donors (Lipinski definition) is 2. The third-order valence-corrected chi connectivity index (χ3v) is 2.75. The van der Waals surface area contributed by atoms with Gasteiger partial charge in [-0.2, -0.15) is 0 Å². The molecule has 2 N–H and O–H groups in total. The second kappa shape index (κ2) is 5.12. The van der Waals surface area contributed by atoms with Crippen LogP contribution in [-0.2, 0) is 4.79 Å². The first kappa shape index (κ1) is 11.1. The van der Waals surface area contributed by atoms with Gasteiger partial charge >= 0.3 is 0 Å². The van der Waals surface area contributed by atoms with Gasteiger partial charge in [0.1, 0.15) is 0 Å². The highest BCUT2D eigenvalue weighted by atomic mass is 16.5. The average molecular weight is 223 g/mol. The lowest BCUT2D eigenvalue weighted by atomic mass is 10.1. The molecule has 1 aliphatic rings. The van der Waals surface area contributed by atoms with E-state index in [-0.39, 0.29) is 11.9 Å². The van der Waals surface area contributed by atoms with Gasteiger partial charge in [-0.05, 0) is 26.3 Å². The number of nitrogens with zero attached hydrogens (tertiary/aromatic N) is 1. The van der Waals surface area contributed by atoms with E-state index < -0.39 is 0 Å². The van der Waals surface area contributed by atoms with Crippen molar-refractivity contribution in [2.75, 3.05) is 11.9 Å². The molecule has 0 aliphatic carbocycles. The molecule has 1 saturated heterocycles. The monoisotopic (exact) mass is 223 g/mol. The number of carbonyl (C=O) groups excluding carboxylic acids is 1. The first-order valence-electron chi connectivity index (χ1n) is 5.73. The van der Waals surface area contributed by atoms with Crippen molar-refractivity contribution in [1.29, 1.82) is 0 Å². The lowest BCUT2D eigenvalue weighted by molar-refractivity contribution is -0.118. The molecule has 1 amide bonds. The molecule has 88 valence electrons. The molecule has 0 aromatic carbocycles. The Labute approximate surface area is 94.6 Å². The van der Waals surface area contributed by atoms with Crippen molar-refractivity contribution in [2.45, 2.75) is 38.6 Å². The predicted molar refractivity (Wildman–Crippen MR) is 60.1 cm³/mol. The SMILES string of the molecule is Cc1cc(NC(=O)C2CCCCCN2)on1. The highest BCUT2D eigenvalue weighted by Crippen LogP contribution is 2.12. The minimum absolute atomic E-state index is 0.0296. The summed E-state index contributed by atoms with van der Waals surface area (Å²) >= 11 is 0. The van der Waals surface area contributed by atoms with E-state index in [0.29, 0.717) is 5.88 Å². The van der Waals surface area contributed by atoms with E-state index in [1.54, 1.807) is 6.07 Å². The first-order valence-corrected chi connectivity index (χ1v) is 5.73. The van der Waals surface area contributed by atoms with Gasteiger partial charge in [0.15, 0.2) is 0 Å². The summed E-state index contributed by atoms with van der Waals surface area (Å²) in [6, 6.07) is 1.61. The van der Waals surface area contributed by atoms with Crippen LogP contribution in [0.1, 0.15) is 31.4 Å². The molecule has 1 aromatic rings. The zero-order valence-corrected chi connectivity index (χ0v) is 9.45. The molecule has 1 fully saturated rings. The Morgan fingerprint density at radius 2 is 2.44 bits per heavy atom. The maximum atomic E-state index is 11.9. The molecule has 0 radical (unpaired) electrons. The zero-order valence-electron chi connectivity index (χ0n) is 9.45. The first-order chi connectivity index (χ1) is 7.75. The van der Waals surface area contributed by atoms with E-state index in [1.807, 2.05) is 6.92 Å². The number of rotatable bonds is 2. The van der Waals surface area contributed by atoms with Crippen LogP contribution in [0, 0.1) is 6.92 Å². The molecule has 16 heavy (non-hydrogen) atoms. The van der Waals surface area contributed by atoms with Gasteiger partial charge in [-0.3, -0.25) is 10.1 Å². The number of amides is 1. The van der Waals surface area contributed by atoms with Gasteiger partial charge in [0.05, 0.1) is 11.7 Å². The van der Waals surface area contributed by atoms with Crippen LogP contribution >= 0.6 is 0 Å². The fourth-order valence-electron chi connectivity index (χ4n) is 1.88. The number of hydrogen-bond acceptors (Lipinski definition) is 4. The van der Waals surface area contributed by atoms with Gasteiger partial charge in [-0.15, -0.1) is 0 Å². The van der Waals surface area contributed by atoms with Crippen LogP contribution < -0.4 is 10.6 Å². The van der Waals surface area contributed by atoms with Gasteiger partial charge in [0.25, 0.3) is 0 Å². The van der Waals surface area contributed by atoms with Crippen molar-refractivity contribution < 1.29 is 9.32 Å². The lowest BCUT2D eigenvalue weighted by Crippen LogP contribution is -2.39. The van der Waals surface area contributed by atoms with E-state index in [9.17, 15) is 4.79 Å². The molecular weight excluding hydrogens is 206 g/mol. The van der Waals surface area contributed by atoms with Crippen LogP contribution in [0.5, 0.6) is 0 Å². The van der Waals surface area contributed by atoms with E-state index >= 15 is 0 Å². The minimum atomic E-state index is -0.104. The number of aromatic nitrogens is 1. The van der Waals surface area contributed by atoms with E-state index in [0.717, 1.165) is 31.5 Å². The molecule has 2 rings (SSSR count). The van der Waals surface area contributed by atoms with Crippen molar-refractivity contribution in [1.82, 2.24) is 10.5 Å². The van der Waals surface area contributed by atoms with Crippen LogP contribution in [0.4, 0.5) is 5.88 Å². The Morgan fingerprint density at radius 1 is 1.56 bits per heavy atom. The second-order valence-corrected chi connectivity index (χ2v) is 4.18. The summed E-state index contributed by atoms with van der Waals surface area (Å²) < 4.78 is 4.95. The Hall–Kier alpha value is -1.36. The van der Waals surface area contributed by atoms with Gasteiger partial charge < -0.3 is 9.84 Å². The van der Waals surface area contributed by atoms with Gasteiger partial charge in [0.2, 0.25) is 11.8 Å². The molecule has 0 spiro atoms. The molecule has 2 heterocycles. The van der Waals surface area contributed by atoms with Gasteiger partial charge in [-0.1, -0.05) is 18.0 Å². The van der Waals surface area contributed by atoms with Crippen LogP contribution in [0.2, 0.25) is 0 Å². The fourth-order valence-corrected chi connectivity index (χ4v) is 1.88. The number of carbonyl (C=O) groups is 1. The largest absolute Gasteiger partial charge is 0.338 e. The molecule has 1 aromatic heterocycles. The number of anilines is 1. The minimum Gasteiger partial charge on any atom is -0.338 e. The molecule has 5 heteroatoms. The number of nitrogens with one attached hydrogen (secondary N) is 2. The fraction of sp³-hybridized carbons (Fsp3) is 0.636. The van der Waals surface area contributed by atoms with Crippen molar-refractivity contribution >= 4 is 11.8 Å². The summed E-state index contributed by atoms with van der Waals surface area (Å²) in [6.07, 6.45) is 4.32. The lowest BCUT2D eigenvalue weighted by Gasteiger charge is -2.13.